The average Bonchev–Trinajstić information content (AvgIpc) is 3.02. The Kier molecular flexibility index (Phi) is 5.02. The molecule has 0 saturated heterocycles. The first-order valence-corrected chi connectivity index (χ1v) is 8.52. The van der Waals surface area contributed by atoms with Gasteiger partial charge < -0.3 is 11.1 Å². The van der Waals surface area contributed by atoms with Crippen molar-refractivity contribution in [3.8, 4) is 0 Å². The lowest BCUT2D eigenvalue weighted by Gasteiger charge is -2.25. The fourth-order valence-electron chi connectivity index (χ4n) is 3.23. The van der Waals surface area contributed by atoms with Crippen LogP contribution in [-0.4, -0.2) is 29.8 Å². The molecule has 3 rings (SSSR count). The first kappa shape index (κ1) is 17.7. The van der Waals surface area contributed by atoms with Gasteiger partial charge in [0.2, 0.25) is 11.8 Å². The summed E-state index contributed by atoms with van der Waals surface area (Å²) in [5.41, 5.74) is 7.66. The highest BCUT2D eigenvalue weighted by atomic mass is 16.2. The number of nitrogens with one attached hydrogen (secondary N) is 1. The van der Waals surface area contributed by atoms with Crippen LogP contribution in [0.25, 0.3) is 0 Å². The van der Waals surface area contributed by atoms with Gasteiger partial charge in [-0.25, -0.2) is 0 Å². The number of para-hydroxylation sites is 1. The molecule has 134 valence electrons. The van der Waals surface area contributed by atoms with Crippen molar-refractivity contribution in [3.05, 3.63) is 65.7 Å². The van der Waals surface area contributed by atoms with E-state index < -0.39 is 11.9 Å². The van der Waals surface area contributed by atoms with E-state index in [9.17, 15) is 14.4 Å². The maximum Gasteiger partial charge on any atom is 0.251 e. The van der Waals surface area contributed by atoms with Crippen molar-refractivity contribution in [2.45, 2.75) is 31.8 Å². The summed E-state index contributed by atoms with van der Waals surface area (Å²) in [4.78, 5) is 38.3. The van der Waals surface area contributed by atoms with Crippen molar-refractivity contribution in [2.75, 3.05) is 4.90 Å². The molecule has 2 aromatic rings. The molecule has 1 aliphatic rings. The topological polar surface area (TPSA) is 92.5 Å². The molecule has 0 spiro atoms. The van der Waals surface area contributed by atoms with Gasteiger partial charge in [-0.1, -0.05) is 36.4 Å². The first-order valence-electron chi connectivity index (χ1n) is 8.52. The van der Waals surface area contributed by atoms with Crippen molar-refractivity contribution < 1.29 is 14.4 Å². The van der Waals surface area contributed by atoms with Gasteiger partial charge in [-0.05, 0) is 30.7 Å². The van der Waals surface area contributed by atoms with Gasteiger partial charge >= 0.3 is 0 Å². The summed E-state index contributed by atoms with van der Waals surface area (Å²) in [6.45, 7) is 1.76. The lowest BCUT2D eigenvalue weighted by Crippen LogP contribution is -2.48. The standard InChI is InChI=1S/C20H21N3O3/c1-13(22-20(26)14-7-3-2-4-8-14)11-18(24)23-16-10-6-5-9-15(16)12-17(23)19(21)25/h2-10,13,17H,11-12H2,1H3,(H2,21,25)(H,22,26)/t13-,17+/m1/s1. The third kappa shape index (κ3) is 3.59. The quantitative estimate of drug-likeness (QED) is 0.858. The first-order chi connectivity index (χ1) is 12.5. The van der Waals surface area contributed by atoms with Gasteiger partial charge in [0.05, 0.1) is 0 Å². The zero-order valence-corrected chi connectivity index (χ0v) is 14.5. The largest absolute Gasteiger partial charge is 0.368 e. The number of carbonyl (C=O) groups excluding carboxylic acids is 3. The number of hydrogen-bond donors (Lipinski definition) is 2. The highest BCUT2D eigenvalue weighted by molar-refractivity contribution is 6.03. The second kappa shape index (κ2) is 7.39. The molecular formula is C20H21N3O3. The fraction of sp³-hybridized carbons (Fsp3) is 0.250. The van der Waals surface area contributed by atoms with Crippen LogP contribution in [0.15, 0.2) is 54.6 Å². The number of hydrogen-bond acceptors (Lipinski definition) is 3. The van der Waals surface area contributed by atoms with Crippen molar-refractivity contribution in [1.82, 2.24) is 5.32 Å². The highest BCUT2D eigenvalue weighted by Gasteiger charge is 2.37. The average molecular weight is 351 g/mol. The number of anilines is 1. The molecule has 0 fully saturated rings. The molecule has 1 heterocycles. The van der Waals surface area contributed by atoms with Crippen LogP contribution in [0.1, 0.15) is 29.3 Å². The minimum absolute atomic E-state index is 0.0800. The monoisotopic (exact) mass is 351 g/mol. The maximum absolute atomic E-state index is 12.8. The molecule has 2 aromatic carbocycles. The second-order valence-electron chi connectivity index (χ2n) is 6.46. The Morgan fingerprint density at radius 2 is 1.77 bits per heavy atom. The van der Waals surface area contributed by atoms with Gasteiger partial charge in [0.1, 0.15) is 6.04 Å². The van der Waals surface area contributed by atoms with E-state index in [1.54, 1.807) is 31.2 Å². The molecule has 0 radical (unpaired) electrons. The molecule has 3 amide bonds. The molecule has 3 N–H and O–H groups in total. The Morgan fingerprint density at radius 1 is 1.12 bits per heavy atom. The second-order valence-corrected chi connectivity index (χ2v) is 6.46. The molecular weight excluding hydrogens is 330 g/mol. The Hall–Kier alpha value is -3.15. The third-order valence-electron chi connectivity index (χ3n) is 4.47. The van der Waals surface area contributed by atoms with Crippen LogP contribution < -0.4 is 16.0 Å². The number of amides is 3. The number of primary amides is 1. The van der Waals surface area contributed by atoms with Crippen LogP contribution in [0.3, 0.4) is 0 Å². The molecule has 6 heteroatoms. The van der Waals surface area contributed by atoms with E-state index in [4.69, 9.17) is 5.73 Å². The normalized spacial score (nSPS) is 16.7. The zero-order valence-electron chi connectivity index (χ0n) is 14.5. The van der Waals surface area contributed by atoms with Crippen molar-refractivity contribution in [2.24, 2.45) is 5.73 Å². The number of nitrogens with two attached hydrogens (primary N) is 1. The summed E-state index contributed by atoms with van der Waals surface area (Å²) in [6.07, 6.45) is 0.499. The van der Waals surface area contributed by atoms with E-state index >= 15 is 0 Å². The Morgan fingerprint density at radius 3 is 2.46 bits per heavy atom. The molecule has 0 aliphatic carbocycles. The minimum Gasteiger partial charge on any atom is -0.368 e. The number of carbonyl (C=O) groups is 3. The molecule has 0 saturated carbocycles. The van der Waals surface area contributed by atoms with Crippen LogP contribution >= 0.6 is 0 Å². The lowest BCUT2D eigenvalue weighted by atomic mass is 10.1. The summed E-state index contributed by atoms with van der Waals surface area (Å²) in [7, 11) is 0. The fourth-order valence-corrected chi connectivity index (χ4v) is 3.23. The van der Waals surface area contributed by atoms with Gasteiger partial charge in [0.25, 0.3) is 5.91 Å². The van der Waals surface area contributed by atoms with Crippen LogP contribution in [0.2, 0.25) is 0 Å². The van der Waals surface area contributed by atoms with E-state index in [-0.39, 0.29) is 24.3 Å². The van der Waals surface area contributed by atoms with Gasteiger partial charge in [-0.15, -0.1) is 0 Å². The van der Waals surface area contributed by atoms with Crippen LogP contribution in [0.4, 0.5) is 5.69 Å². The number of benzene rings is 2. The molecule has 0 bridgehead atoms. The molecule has 0 unspecified atom stereocenters. The van der Waals surface area contributed by atoms with Crippen molar-refractivity contribution in [3.63, 3.8) is 0 Å². The van der Waals surface area contributed by atoms with Crippen LogP contribution in [0.5, 0.6) is 0 Å². The van der Waals surface area contributed by atoms with Crippen LogP contribution in [-0.2, 0) is 16.0 Å². The summed E-state index contributed by atoms with van der Waals surface area (Å²) in [6, 6.07) is 15.1. The smallest absolute Gasteiger partial charge is 0.251 e. The summed E-state index contributed by atoms with van der Waals surface area (Å²) >= 11 is 0. The van der Waals surface area contributed by atoms with E-state index in [1.165, 1.54) is 4.90 Å². The van der Waals surface area contributed by atoms with Gasteiger partial charge in [-0.2, -0.15) is 0 Å². The van der Waals surface area contributed by atoms with E-state index in [0.717, 1.165) is 5.56 Å². The molecule has 0 aromatic heterocycles. The van der Waals surface area contributed by atoms with Crippen molar-refractivity contribution >= 4 is 23.4 Å². The number of nitrogens with zero attached hydrogens (tertiary/aromatic N) is 1. The van der Waals surface area contributed by atoms with Crippen molar-refractivity contribution in [1.29, 1.82) is 0 Å². The van der Waals surface area contributed by atoms with Crippen LogP contribution in [0, 0.1) is 0 Å². The van der Waals surface area contributed by atoms with Gasteiger partial charge in [-0.3, -0.25) is 19.3 Å². The molecule has 2 atom stereocenters. The van der Waals surface area contributed by atoms with E-state index in [0.29, 0.717) is 17.7 Å². The number of fused-ring (bicyclic) bond motifs is 1. The summed E-state index contributed by atoms with van der Waals surface area (Å²) < 4.78 is 0. The highest BCUT2D eigenvalue weighted by Crippen LogP contribution is 2.32. The molecule has 26 heavy (non-hydrogen) atoms. The Balaban J connectivity index is 1.70. The summed E-state index contributed by atoms with van der Waals surface area (Å²) in [5, 5.41) is 2.82. The minimum atomic E-state index is -0.683. The van der Waals surface area contributed by atoms with Gasteiger partial charge in [0, 0.05) is 30.1 Å². The predicted molar refractivity (Wildman–Crippen MR) is 98.6 cm³/mol. The molecule has 1 aliphatic heterocycles. The third-order valence-corrected chi connectivity index (χ3v) is 4.47. The lowest BCUT2D eigenvalue weighted by molar-refractivity contribution is -0.124. The van der Waals surface area contributed by atoms with Gasteiger partial charge in [0.15, 0.2) is 0 Å². The van der Waals surface area contributed by atoms with E-state index in [2.05, 4.69) is 5.32 Å². The number of rotatable bonds is 5. The maximum atomic E-state index is 12.8. The Bertz CT molecular complexity index is 835. The SMILES string of the molecule is C[C@H](CC(=O)N1c2ccccc2C[C@H]1C(N)=O)NC(=O)c1ccccc1. The molecule has 6 nitrogen and oxygen atoms in total. The predicted octanol–water partition coefficient (Wildman–Crippen LogP) is 1.64. The Labute approximate surface area is 152 Å². The summed E-state index contributed by atoms with van der Waals surface area (Å²) in [5.74, 6) is -1.01. The zero-order chi connectivity index (χ0) is 18.7. The van der Waals surface area contributed by atoms with E-state index in [1.807, 2.05) is 30.3 Å².